The summed E-state index contributed by atoms with van der Waals surface area (Å²) in [5.74, 6) is -4.43. The first-order valence-corrected chi connectivity index (χ1v) is 8.43. The fourth-order valence-electron chi connectivity index (χ4n) is 2.91. The maximum absolute atomic E-state index is 12.8. The normalized spacial score (nSPS) is 15.9. The van der Waals surface area contributed by atoms with Crippen LogP contribution in [0.5, 0.6) is 0 Å². The Morgan fingerprint density at radius 2 is 1.45 bits per heavy atom. The first kappa shape index (κ1) is 21.6. The molecule has 1 aliphatic rings. The lowest BCUT2D eigenvalue weighted by atomic mass is 9.89. The van der Waals surface area contributed by atoms with Gasteiger partial charge in [-0.25, -0.2) is 14.4 Å². The van der Waals surface area contributed by atoms with Gasteiger partial charge >= 0.3 is 17.9 Å². The molecule has 1 atom stereocenters. The summed E-state index contributed by atoms with van der Waals surface area (Å²) in [6.45, 7) is 1.48. The van der Waals surface area contributed by atoms with E-state index in [1.54, 1.807) is 0 Å². The molecule has 0 saturated heterocycles. The second-order valence-corrected chi connectivity index (χ2v) is 6.11. The van der Waals surface area contributed by atoms with E-state index in [1.165, 1.54) is 39.3 Å². The number of nitrogens with one attached hydrogen (secondary N) is 2. The number of hydrogen-bond acceptors (Lipinski definition) is 8. The summed E-state index contributed by atoms with van der Waals surface area (Å²) in [5.41, 5.74) is 0.332. The Bertz CT molecular complexity index is 885. The van der Waals surface area contributed by atoms with Crippen LogP contribution in [0.4, 0.5) is 5.69 Å². The monoisotopic (exact) mass is 404 g/mol. The molecule has 0 spiro atoms. The third kappa shape index (κ3) is 4.78. The fourth-order valence-corrected chi connectivity index (χ4v) is 2.91. The van der Waals surface area contributed by atoms with Crippen molar-refractivity contribution in [3.63, 3.8) is 0 Å². The van der Waals surface area contributed by atoms with Crippen LogP contribution in [0.25, 0.3) is 0 Å². The number of amides is 2. The van der Waals surface area contributed by atoms with E-state index in [2.05, 4.69) is 20.1 Å². The number of carbonyl (C=O) groups excluding carboxylic acids is 5. The molecule has 2 rings (SSSR count). The molecule has 2 N–H and O–H groups in total. The standard InChI is InChI=1S/C19H20N2O8/c1-9-15(19(26)29-4)13(8-14(22)20-9)16(23)21-12-6-10(17(24)27-2)5-11(7-12)18(25)28-3/h5-7,13H,8H2,1-4H3,(H,20,22)(H,21,23)/t13-/m1/s1. The van der Waals surface area contributed by atoms with Gasteiger partial charge in [-0.2, -0.15) is 0 Å². The lowest BCUT2D eigenvalue weighted by Crippen LogP contribution is -2.40. The highest BCUT2D eigenvalue weighted by Gasteiger charge is 2.36. The van der Waals surface area contributed by atoms with Crippen molar-refractivity contribution in [2.45, 2.75) is 13.3 Å². The number of anilines is 1. The Kier molecular flexibility index (Phi) is 6.71. The number of rotatable bonds is 5. The summed E-state index contributed by atoms with van der Waals surface area (Å²) in [7, 11) is 3.50. The Labute approximate surface area is 166 Å². The van der Waals surface area contributed by atoms with Crippen LogP contribution in [0.3, 0.4) is 0 Å². The van der Waals surface area contributed by atoms with E-state index in [-0.39, 0.29) is 34.5 Å². The van der Waals surface area contributed by atoms with Gasteiger partial charge in [0.1, 0.15) is 0 Å². The number of hydrogen-bond donors (Lipinski definition) is 2. The van der Waals surface area contributed by atoms with E-state index in [9.17, 15) is 24.0 Å². The second-order valence-electron chi connectivity index (χ2n) is 6.11. The van der Waals surface area contributed by atoms with Crippen molar-refractivity contribution in [2.75, 3.05) is 26.6 Å². The van der Waals surface area contributed by atoms with E-state index >= 15 is 0 Å². The maximum atomic E-state index is 12.8. The van der Waals surface area contributed by atoms with Gasteiger partial charge < -0.3 is 24.8 Å². The molecule has 154 valence electrons. The Morgan fingerprint density at radius 1 is 0.931 bits per heavy atom. The van der Waals surface area contributed by atoms with Crippen molar-refractivity contribution in [3.8, 4) is 0 Å². The predicted molar refractivity (Wildman–Crippen MR) is 98.7 cm³/mol. The van der Waals surface area contributed by atoms with Crippen LogP contribution in [0.15, 0.2) is 29.5 Å². The third-order valence-corrected chi connectivity index (χ3v) is 4.23. The summed E-state index contributed by atoms with van der Waals surface area (Å²) >= 11 is 0. The fraction of sp³-hybridized carbons (Fsp3) is 0.316. The molecule has 2 amide bonds. The predicted octanol–water partition coefficient (Wildman–Crippen LogP) is 0.781. The van der Waals surface area contributed by atoms with Crippen molar-refractivity contribution >= 4 is 35.4 Å². The second kappa shape index (κ2) is 9.00. The van der Waals surface area contributed by atoms with Gasteiger partial charge in [0.05, 0.1) is 43.9 Å². The van der Waals surface area contributed by atoms with Crippen molar-refractivity contribution in [2.24, 2.45) is 5.92 Å². The molecule has 29 heavy (non-hydrogen) atoms. The maximum Gasteiger partial charge on any atom is 0.337 e. The molecular weight excluding hydrogens is 384 g/mol. The zero-order valence-corrected chi connectivity index (χ0v) is 16.3. The lowest BCUT2D eigenvalue weighted by Gasteiger charge is -2.25. The molecular formula is C19H20N2O8. The van der Waals surface area contributed by atoms with Crippen LogP contribution in [-0.4, -0.2) is 51.1 Å². The van der Waals surface area contributed by atoms with Crippen LogP contribution < -0.4 is 10.6 Å². The number of methoxy groups -OCH3 is 3. The average Bonchev–Trinajstić information content (AvgIpc) is 2.70. The van der Waals surface area contributed by atoms with Gasteiger partial charge in [-0.3, -0.25) is 9.59 Å². The number of ether oxygens (including phenoxy) is 3. The average molecular weight is 404 g/mol. The number of carbonyl (C=O) groups is 5. The van der Waals surface area contributed by atoms with Crippen LogP contribution in [0.2, 0.25) is 0 Å². The first-order valence-electron chi connectivity index (χ1n) is 8.43. The molecule has 0 aromatic heterocycles. The summed E-state index contributed by atoms with van der Waals surface area (Å²) in [5, 5.41) is 5.02. The Morgan fingerprint density at radius 3 is 1.93 bits per heavy atom. The van der Waals surface area contributed by atoms with Gasteiger partial charge in [0.2, 0.25) is 11.8 Å². The Hall–Kier alpha value is -3.69. The first-order chi connectivity index (χ1) is 13.7. The van der Waals surface area contributed by atoms with Gasteiger partial charge in [0.25, 0.3) is 0 Å². The minimum absolute atomic E-state index is 0.00648. The van der Waals surface area contributed by atoms with E-state index < -0.39 is 35.6 Å². The van der Waals surface area contributed by atoms with Crippen molar-refractivity contribution in [1.29, 1.82) is 0 Å². The molecule has 10 heteroatoms. The molecule has 0 fully saturated rings. The minimum atomic E-state index is -1.11. The quantitative estimate of drug-likeness (QED) is 0.543. The smallest absolute Gasteiger partial charge is 0.337 e. The van der Waals surface area contributed by atoms with Crippen LogP contribution >= 0.6 is 0 Å². The lowest BCUT2D eigenvalue weighted by molar-refractivity contribution is -0.139. The summed E-state index contributed by atoms with van der Waals surface area (Å²) in [6, 6.07) is 3.85. The van der Waals surface area contributed by atoms with E-state index in [0.29, 0.717) is 0 Å². The van der Waals surface area contributed by atoms with Crippen LogP contribution in [0.1, 0.15) is 34.1 Å². The van der Waals surface area contributed by atoms with Crippen molar-refractivity contribution in [3.05, 3.63) is 40.6 Å². The highest BCUT2D eigenvalue weighted by atomic mass is 16.5. The van der Waals surface area contributed by atoms with Crippen LogP contribution in [-0.2, 0) is 28.6 Å². The number of benzene rings is 1. The summed E-state index contributed by atoms with van der Waals surface area (Å²) in [6.07, 6.45) is -0.270. The van der Waals surface area contributed by atoms with E-state index in [0.717, 1.165) is 7.11 Å². The van der Waals surface area contributed by atoms with E-state index in [4.69, 9.17) is 4.74 Å². The zero-order chi connectivity index (χ0) is 21.7. The molecule has 0 aliphatic carbocycles. The SMILES string of the molecule is COC(=O)C1=C(C)NC(=O)C[C@H]1C(=O)Nc1cc(C(=O)OC)cc(C(=O)OC)c1. The van der Waals surface area contributed by atoms with Gasteiger partial charge in [0.15, 0.2) is 0 Å². The highest BCUT2D eigenvalue weighted by Crippen LogP contribution is 2.26. The third-order valence-electron chi connectivity index (χ3n) is 4.23. The largest absolute Gasteiger partial charge is 0.466 e. The van der Waals surface area contributed by atoms with Crippen LogP contribution in [0, 0.1) is 5.92 Å². The summed E-state index contributed by atoms with van der Waals surface area (Å²) in [4.78, 5) is 60.5. The molecule has 1 heterocycles. The zero-order valence-electron chi connectivity index (χ0n) is 16.3. The Balaban J connectivity index is 2.41. The molecule has 10 nitrogen and oxygen atoms in total. The molecule has 0 unspecified atom stereocenters. The van der Waals surface area contributed by atoms with Gasteiger partial charge in [-0.15, -0.1) is 0 Å². The number of allylic oxidation sites excluding steroid dienone is 1. The molecule has 1 aliphatic heterocycles. The molecule has 0 bridgehead atoms. The molecule has 1 aromatic rings. The molecule has 0 radical (unpaired) electrons. The minimum Gasteiger partial charge on any atom is -0.466 e. The van der Waals surface area contributed by atoms with Crippen molar-refractivity contribution in [1.82, 2.24) is 5.32 Å². The molecule has 1 aromatic carbocycles. The summed E-state index contributed by atoms with van der Waals surface area (Å²) < 4.78 is 14.0. The number of esters is 3. The van der Waals surface area contributed by atoms with Gasteiger partial charge in [0, 0.05) is 17.8 Å². The highest BCUT2D eigenvalue weighted by molar-refractivity contribution is 6.07. The molecule has 0 saturated carbocycles. The van der Waals surface area contributed by atoms with Crippen molar-refractivity contribution < 1.29 is 38.2 Å². The van der Waals surface area contributed by atoms with E-state index in [1.807, 2.05) is 0 Å². The topological polar surface area (TPSA) is 137 Å². The van der Waals surface area contributed by atoms with Gasteiger partial charge in [-0.05, 0) is 25.1 Å². The van der Waals surface area contributed by atoms with Gasteiger partial charge in [-0.1, -0.05) is 0 Å².